The molecule has 1 aliphatic heterocycles. The molecule has 0 atom stereocenters. The third-order valence-corrected chi connectivity index (χ3v) is 2.56. The number of aliphatic hydroxyl groups excluding tert-OH is 1. The number of hydrogen-bond donors (Lipinski definition) is 2. The Hall–Kier alpha value is -0.870. The molecule has 2 rings (SSSR count). The summed E-state index contributed by atoms with van der Waals surface area (Å²) in [6.07, 6.45) is 3.75. The molecule has 0 radical (unpaired) electrons. The average Bonchev–Trinajstić information content (AvgIpc) is 2.67. The molecule has 0 aliphatic carbocycles. The third kappa shape index (κ3) is 1.73. The van der Waals surface area contributed by atoms with Crippen LogP contribution < -0.4 is 5.32 Å². The second-order valence-electron chi connectivity index (χ2n) is 3.40. The summed E-state index contributed by atoms with van der Waals surface area (Å²) < 4.78 is 5.16. The van der Waals surface area contributed by atoms with Crippen LogP contribution in [-0.4, -0.2) is 23.4 Å². The van der Waals surface area contributed by atoms with Crippen molar-refractivity contribution in [3.05, 3.63) is 17.5 Å². The van der Waals surface area contributed by atoms with Crippen LogP contribution in [0.2, 0.25) is 0 Å². The van der Waals surface area contributed by atoms with Crippen molar-refractivity contribution in [3.8, 4) is 0 Å². The Kier molecular flexibility index (Phi) is 2.61. The van der Waals surface area contributed by atoms with Gasteiger partial charge in [0.15, 0.2) is 0 Å². The Bertz CT molecular complexity index is 266. The maximum absolute atomic E-state index is 9.02. The minimum Gasteiger partial charge on any atom is -0.391 e. The van der Waals surface area contributed by atoms with Gasteiger partial charge in [-0.2, -0.15) is 0 Å². The first-order valence-corrected chi connectivity index (χ1v) is 4.67. The molecule has 2 heterocycles. The Morgan fingerprint density at radius 2 is 2.31 bits per heavy atom. The summed E-state index contributed by atoms with van der Waals surface area (Å²) in [4.78, 5) is 0. The van der Waals surface area contributed by atoms with Gasteiger partial charge < -0.3 is 14.9 Å². The molecule has 0 unspecified atom stereocenters. The van der Waals surface area contributed by atoms with Crippen LogP contribution in [0.25, 0.3) is 0 Å². The largest absolute Gasteiger partial charge is 0.391 e. The summed E-state index contributed by atoms with van der Waals surface area (Å²) in [5.41, 5.74) is 0.840. The van der Waals surface area contributed by atoms with Gasteiger partial charge >= 0.3 is 0 Å². The second kappa shape index (κ2) is 3.89. The quantitative estimate of drug-likeness (QED) is 0.704. The molecule has 4 heteroatoms. The summed E-state index contributed by atoms with van der Waals surface area (Å²) in [7, 11) is 0. The number of piperidine rings is 1. The SMILES string of the molecule is OCc1cnoc1C1CCNCC1. The Labute approximate surface area is 76.9 Å². The molecule has 1 fully saturated rings. The minimum atomic E-state index is 0.0305. The maximum atomic E-state index is 9.02. The van der Waals surface area contributed by atoms with E-state index in [9.17, 15) is 0 Å². The highest BCUT2D eigenvalue weighted by Crippen LogP contribution is 2.27. The van der Waals surface area contributed by atoms with Gasteiger partial charge in [0, 0.05) is 11.5 Å². The van der Waals surface area contributed by atoms with E-state index in [-0.39, 0.29) is 6.61 Å². The van der Waals surface area contributed by atoms with E-state index in [1.165, 1.54) is 0 Å². The average molecular weight is 182 g/mol. The fourth-order valence-corrected chi connectivity index (χ4v) is 1.81. The molecular weight excluding hydrogens is 168 g/mol. The Balaban J connectivity index is 2.13. The highest BCUT2D eigenvalue weighted by Gasteiger charge is 2.21. The standard InChI is InChI=1S/C9H14N2O2/c12-6-8-5-11-13-9(8)7-1-3-10-4-2-7/h5,7,10,12H,1-4,6H2. The molecule has 0 spiro atoms. The lowest BCUT2D eigenvalue weighted by Gasteiger charge is -2.20. The molecule has 1 aromatic heterocycles. The number of aliphatic hydroxyl groups is 1. The zero-order valence-corrected chi connectivity index (χ0v) is 7.49. The lowest BCUT2D eigenvalue weighted by atomic mass is 9.93. The lowest BCUT2D eigenvalue weighted by molar-refractivity contribution is 0.270. The number of hydrogen-bond acceptors (Lipinski definition) is 4. The van der Waals surface area contributed by atoms with Gasteiger partial charge in [-0.1, -0.05) is 5.16 Å². The van der Waals surface area contributed by atoms with Crippen LogP contribution in [0.4, 0.5) is 0 Å². The van der Waals surface area contributed by atoms with Crippen molar-refractivity contribution in [3.63, 3.8) is 0 Å². The van der Waals surface area contributed by atoms with Crippen molar-refractivity contribution in [1.82, 2.24) is 10.5 Å². The molecule has 4 nitrogen and oxygen atoms in total. The first-order chi connectivity index (χ1) is 6.42. The van der Waals surface area contributed by atoms with Crippen molar-refractivity contribution in [2.45, 2.75) is 25.4 Å². The van der Waals surface area contributed by atoms with Gasteiger partial charge in [0.25, 0.3) is 0 Å². The molecule has 13 heavy (non-hydrogen) atoms. The number of aromatic nitrogens is 1. The van der Waals surface area contributed by atoms with Crippen molar-refractivity contribution < 1.29 is 9.63 Å². The van der Waals surface area contributed by atoms with E-state index < -0.39 is 0 Å². The van der Waals surface area contributed by atoms with Gasteiger partial charge in [0.1, 0.15) is 5.76 Å². The first kappa shape index (κ1) is 8.72. The smallest absolute Gasteiger partial charge is 0.145 e. The van der Waals surface area contributed by atoms with E-state index in [2.05, 4.69) is 10.5 Å². The second-order valence-corrected chi connectivity index (χ2v) is 3.40. The molecule has 1 saturated heterocycles. The van der Waals surface area contributed by atoms with Crippen LogP contribution in [-0.2, 0) is 6.61 Å². The van der Waals surface area contributed by atoms with Crippen LogP contribution in [0.15, 0.2) is 10.7 Å². The fourth-order valence-electron chi connectivity index (χ4n) is 1.81. The Morgan fingerprint density at radius 1 is 1.54 bits per heavy atom. The van der Waals surface area contributed by atoms with Gasteiger partial charge in [0.2, 0.25) is 0 Å². The maximum Gasteiger partial charge on any atom is 0.145 e. The normalized spacial score (nSPS) is 19.2. The molecule has 0 amide bonds. The van der Waals surface area contributed by atoms with E-state index in [1.54, 1.807) is 6.20 Å². The van der Waals surface area contributed by atoms with Crippen LogP contribution in [0.5, 0.6) is 0 Å². The minimum absolute atomic E-state index is 0.0305. The van der Waals surface area contributed by atoms with Crippen molar-refractivity contribution in [2.24, 2.45) is 0 Å². The van der Waals surface area contributed by atoms with Crippen LogP contribution in [0.3, 0.4) is 0 Å². The van der Waals surface area contributed by atoms with Gasteiger partial charge in [-0.05, 0) is 25.9 Å². The van der Waals surface area contributed by atoms with Crippen molar-refractivity contribution >= 4 is 0 Å². The van der Waals surface area contributed by atoms with Gasteiger partial charge in [-0.15, -0.1) is 0 Å². The zero-order chi connectivity index (χ0) is 9.10. The molecule has 1 aliphatic rings. The number of nitrogens with zero attached hydrogens (tertiary/aromatic N) is 1. The van der Waals surface area contributed by atoms with E-state index in [4.69, 9.17) is 9.63 Å². The fraction of sp³-hybridized carbons (Fsp3) is 0.667. The van der Waals surface area contributed by atoms with Crippen LogP contribution >= 0.6 is 0 Å². The van der Waals surface area contributed by atoms with E-state index in [0.29, 0.717) is 5.92 Å². The zero-order valence-electron chi connectivity index (χ0n) is 7.49. The van der Waals surface area contributed by atoms with Gasteiger partial charge in [-0.25, -0.2) is 0 Å². The topological polar surface area (TPSA) is 58.3 Å². The van der Waals surface area contributed by atoms with Crippen LogP contribution in [0, 0.1) is 0 Å². The summed E-state index contributed by atoms with van der Waals surface area (Å²) in [6, 6.07) is 0. The molecular formula is C9H14N2O2. The van der Waals surface area contributed by atoms with Gasteiger partial charge in [0.05, 0.1) is 12.8 Å². The van der Waals surface area contributed by atoms with Crippen molar-refractivity contribution in [2.75, 3.05) is 13.1 Å². The predicted octanol–water partition coefficient (Wildman–Crippen LogP) is 0.634. The summed E-state index contributed by atoms with van der Waals surface area (Å²) >= 11 is 0. The first-order valence-electron chi connectivity index (χ1n) is 4.67. The molecule has 2 N–H and O–H groups in total. The Morgan fingerprint density at radius 3 is 3.00 bits per heavy atom. The molecule has 72 valence electrons. The molecule has 0 saturated carbocycles. The van der Waals surface area contributed by atoms with E-state index in [0.717, 1.165) is 37.3 Å². The summed E-state index contributed by atoms with van der Waals surface area (Å²) in [5.74, 6) is 1.31. The predicted molar refractivity (Wildman–Crippen MR) is 47.3 cm³/mol. The van der Waals surface area contributed by atoms with Crippen molar-refractivity contribution in [1.29, 1.82) is 0 Å². The summed E-state index contributed by atoms with van der Waals surface area (Å²) in [6.45, 7) is 2.08. The third-order valence-electron chi connectivity index (χ3n) is 2.56. The molecule has 1 aromatic rings. The van der Waals surface area contributed by atoms with Crippen LogP contribution in [0.1, 0.15) is 30.1 Å². The highest BCUT2D eigenvalue weighted by atomic mass is 16.5. The molecule has 0 aromatic carbocycles. The molecule has 0 bridgehead atoms. The highest BCUT2D eigenvalue weighted by molar-refractivity contribution is 5.17. The lowest BCUT2D eigenvalue weighted by Crippen LogP contribution is -2.26. The summed E-state index contributed by atoms with van der Waals surface area (Å²) in [5, 5.41) is 16.0. The van der Waals surface area contributed by atoms with E-state index in [1.807, 2.05) is 0 Å². The van der Waals surface area contributed by atoms with Gasteiger partial charge in [-0.3, -0.25) is 0 Å². The number of nitrogens with one attached hydrogen (secondary N) is 1. The monoisotopic (exact) mass is 182 g/mol. The van der Waals surface area contributed by atoms with E-state index >= 15 is 0 Å². The number of rotatable bonds is 2.